The van der Waals surface area contributed by atoms with Crippen LogP contribution in [0.5, 0.6) is 5.88 Å². The fourth-order valence-electron chi connectivity index (χ4n) is 4.35. The first kappa shape index (κ1) is 19.8. The number of hydrogen-bond acceptors (Lipinski definition) is 7. The zero-order chi connectivity index (χ0) is 20.7. The molecule has 0 saturated carbocycles. The van der Waals surface area contributed by atoms with Gasteiger partial charge in [-0.2, -0.15) is 4.52 Å². The van der Waals surface area contributed by atoms with Gasteiger partial charge in [0, 0.05) is 31.6 Å². The van der Waals surface area contributed by atoms with Crippen molar-refractivity contribution in [3.63, 3.8) is 0 Å². The van der Waals surface area contributed by atoms with Crippen LogP contribution in [0.2, 0.25) is 0 Å². The number of benzene rings is 1. The number of rotatable bonds is 5. The Morgan fingerprint density at radius 3 is 2.48 bits per heavy atom. The summed E-state index contributed by atoms with van der Waals surface area (Å²) < 4.78 is 1.51. The lowest BCUT2D eigenvalue weighted by atomic mass is 9.89. The number of hydrogen-bond donors (Lipinski definition) is 1. The van der Waals surface area contributed by atoms with Crippen molar-refractivity contribution in [3.8, 4) is 5.88 Å². The topological polar surface area (TPSA) is 96.8 Å². The van der Waals surface area contributed by atoms with E-state index in [4.69, 9.17) is 0 Å². The van der Waals surface area contributed by atoms with Gasteiger partial charge in [-0.1, -0.05) is 44.2 Å². The lowest BCUT2D eigenvalue weighted by molar-refractivity contribution is -0.384. The van der Waals surface area contributed by atoms with Crippen LogP contribution in [0.4, 0.5) is 5.69 Å². The number of non-ortho nitro benzene ring substituents is 1. The molecule has 1 aromatic carbocycles. The highest BCUT2D eigenvalue weighted by atomic mass is 32.1. The molecule has 8 nitrogen and oxygen atoms in total. The van der Waals surface area contributed by atoms with Gasteiger partial charge in [0.05, 0.1) is 15.8 Å². The van der Waals surface area contributed by atoms with E-state index in [1.165, 1.54) is 34.4 Å². The maximum absolute atomic E-state index is 11.1. The van der Waals surface area contributed by atoms with E-state index in [0.717, 1.165) is 23.5 Å². The van der Waals surface area contributed by atoms with Gasteiger partial charge in [0.15, 0.2) is 5.82 Å². The molecular formula is C20H25N5O3S. The van der Waals surface area contributed by atoms with Gasteiger partial charge in [-0.05, 0) is 23.8 Å². The van der Waals surface area contributed by atoms with E-state index in [9.17, 15) is 15.2 Å². The molecule has 0 bridgehead atoms. The van der Waals surface area contributed by atoms with Crippen molar-refractivity contribution in [2.24, 2.45) is 11.8 Å². The molecular weight excluding hydrogens is 390 g/mol. The van der Waals surface area contributed by atoms with Crippen molar-refractivity contribution in [1.82, 2.24) is 19.5 Å². The maximum Gasteiger partial charge on any atom is 0.269 e. The molecule has 0 aliphatic carbocycles. The lowest BCUT2D eigenvalue weighted by Gasteiger charge is -2.40. The summed E-state index contributed by atoms with van der Waals surface area (Å²) in [6.07, 6.45) is 1.88. The van der Waals surface area contributed by atoms with Crippen molar-refractivity contribution in [2.75, 3.05) is 13.1 Å². The summed E-state index contributed by atoms with van der Waals surface area (Å²) in [4.78, 5) is 19.0. The third-order valence-electron chi connectivity index (χ3n) is 5.49. The van der Waals surface area contributed by atoms with Crippen LogP contribution in [0.25, 0.3) is 4.96 Å². The predicted octanol–water partition coefficient (Wildman–Crippen LogP) is 4.03. The van der Waals surface area contributed by atoms with Crippen LogP contribution in [-0.2, 0) is 6.42 Å². The highest BCUT2D eigenvalue weighted by molar-refractivity contribution is 7.17. The van der Waals surface area contributed by atoms with Crippen LogP contribution in [-0.4, -0.2) is 42.6 Å². The number of likely N-dealkylation sites (tertiary alicyclic amines) is 1. The highest BCUT2D eigenvalue weighted by Gasteiger charge is 2.33. The molecule has 0 spiro atoms. The number of nitro groups is 1. The molecule has 0 unspecified atom stereocenters. The van der Waals surface area contributed by atoms with Crippen LogP contribution in [0, 0.1) is 22.0 Å². The molecule has 1 N–H and O–H groups in total. The Labute approximate surface area is 173 Å². The number of aromatic nitrogens is 3. The van der Waals surface area contributed by atoms with Crippen molar-refractivity contribution >= 4 is 22.0 Å². The number of thiazole rings is 1. The Bertz CT molecular complexity index is 1020. The van der Waals surface area contributed by atoms with Gasteiger partial charge in [0.2, 0.25) is 10.8 Å². The Hall–Kier alpha value is -2.52. The first-order valence-corrected chi connectivity index (χ1v) is 10.7. The molecule has 4 rings (SSSR count). The summed E-state index contributed by atoms with van der Waals surface area (Å²) in [5.41, 5.74) is 0.986. The van der Waals surface area contributed by atoms with E-state index in [1.54, 1.807) is 12.1 Å². The third kappa shape index (κ3) is 3.72. The second kappa shape index (κ2) is 7.72. The Balaban J connectivity index is 1.80. The van der Waals surface area contributed by atoms with E-state index in [0.29, 0.717) is 29.0 Å². The van der Waals surface area contributed by atoms with Gasteiger partial charge in [-0.15, -0.1) is 5.10 Å². The fourth-order valence-corrected chi connectivity index (χ4v) is 5.48. The van der Waals surface area contributed by atoms with Crippen LogP contribution in [0.1, 0.15) is 49.5 Å². The number of aromatic hydroxyl groups is 1. The average Bonchev–Trinajstić information content (AvgIpc) is 3.21. The standard InChI is InChI=1S/C20H25N5O3S/c1-4-16-21-20-24(22-16)19(26)18(29-20)17(23-10-12(2)9-13(3)11-23)14-5-7-15(8-6-14)25(27)28/h5-8,12-13,17,26H,4,9-11H2,1-3H3/t12-,13-,17-/m0/s1. The summed E-state index contributed by atoms with van der Waals surface area (Å²) in [5.74, 6) is 1.88. The predicted molar refractivity (Wildman–Crippen MR) is 111 cm³/mol. The molecule has 2 aromatic heterocycles. The summed E-state index contributed by atoms with van der Waals surface area (Å²) in [6.45, 7) is 8.27. The third-order valence-corrected chi connectivity index (χ3v) is 6.56. The number of piperidine rings is 1. The normalized spacial score (nSPS) is 21.5. The molecule has 9 heteroatoms. The zero-order valence-corrected chi connectivity index (χ0v) is 17.6. The lowest BCUT2D eigenvalue weighted by Crippen LogP contribution is -2.41. The summed E-state index contributed by atoms with van der Waals surface area (Å²) in [6, 6.07) is 6.45. The number of fused-ring (bicyclic) bond motifs is 1. The molecule has 0 radical (unpaired) electrons. The Morgan fingerprint density at radius 2 is 1.93 bits per heavy atom. The average molecular weight is 416 g/mol. The van der Waals surface area contributed by atoms with Crippen molar-refractivity contribution in [2.45, 2.75) is 39.7 Å². The zero-order valence-electron chi connectivity index (χ0n) is 16.8. The van der Waals surface area contributed by atoms with Gasteiger partial charge in [-0.3, -0.25) is 15.0 Å². The van der Waals surface area contributed by atoms with Gasteiger partial charge in [0.25, 0.3) is 5.69 Å². The van der Waals surface area contributed by atoms with Gasteiger partial charge in [0.1, 0.15) is 0 Å². The van der Waals surface area contributed by atoms with Crippen LogP contribution in [0.15, 0.2) is 24.3 Å². The largest absolute Gasteiger partial charge is 0.492 e. The molecule has 29 heavy (non-hydrogen) atoms. The summed E-state index contributed by atoms with van der Waals surface area (Å²) >= 11 is 1.43. The van der Waals surface area contributed by atoms with E-state index in [1.807, 2.05) is 6.92 Å². The van der Waals surface area contributed by atoms with Crippen molar-refractivity contribution in [3.05, 3.63) is 50.6 Å². The van der Waals surface area contributed by atoms with E-state index in [-0.39, 0.29) is 17.6 Å². The first-order chi connectivity index (χ1) is 13.9. The molecule has 1 fully saturated rings. The maximum atomic E-state index is 11.1. The molecule has 3 aromatic rings. The smallest absolute Gasteiger partial charge is 0.269 e. The minimum Gasteiger partial charge on any atom is -0.492 e. The van der Waals surface area contributed by atoms with Crippen LogP contribution >= 0.6 is 11.3 Å². The monoisotopic (exact) mass is 415 g/mol. The van der Waals surface area contributed by atoms with Crippen LogP contribution < -0.4 is 0 Å². The van der Waals surface area contributed by atoms with Crippen LogP contribution in [0.3, 0.4) is 0 Å². The van der Waals surface area contributed by atoms with Gasteiger partial charge >= 0.3 is 0 Å². The minimum absolute atomic E-state index is 0.0624. The summed E-state index contributed by atoms with van der Waals surface area (Å²) in [5, 5.41) is 26.4. The van der Waals surface area contributed by atoms with Crippen molar-refractivity contribution < 1.29 is 10.0 Å². The van der Waals surface area contributed by atoms with E-state index in [2.05, 4.69) is 28.8 Å². The quantitative estimate of drug-likeness (QED) is 0.499. The van der Waals surface area contributed by atoms with E-state index >= 15 is 0 Å². The molecule has 3 atom stereocenters. The molecule has 154 valence electrons. The molecule has 1 aliphatic heterocycles. The molecule has 0 amide bonds. The van der Waals surface area contributed by atoms with E-state index < -0.39 is 4.92 Å². The highest BCUT2D eigenvalue weighted by Crippen LogP contribution is 2.42. The molecule has 3 heterocycles. The number of nitro benzene ring substituents is 1. The second-order valence-corrected chi connectivity index (χ2v) is 9.03. The molecule has 1 saturated heterocycles. The SMILES string of the molecule is CCc1nc2sc([C@H](c3ccc([N+](=O)[O-])cc3)N3C[C@@H](C)C[C@H](C)C3)c(O)n2n1. The molecule has 1 aliphatic rings. The number of nitrogens with zero attached hydrogens (tertiary/aromatic N) is 5. The van der Waals surface area contributed by atoms with Gasteiger partial charge < -0.3 is 5.11 Å². The Kier molecular flexibility index (Phi) is 5.26. The first-order valence-electron chi connectivity index (χ1n) is 9.93. The Morgan fingerprint density at radius 1 is 1.28 bits per heavy atom. The fraction of sp³-hybridized carbons (Fsp3) is 0.500. The minimum atomic E-state index is -0.392. The van der Waals surface area contributed by atoms with Crippen molar-refractivity contribution in [1.29, 1.82) is 0 Å². The number of aryl methyl sites for hydroxylation is 1. The second-order valence-electron chi connectivity index (χ2n) is 8.02. The summed E-state index contributed by atoms with van der Waals surface area (Å²) in [7, 11) is 0. The van der Waals surface area contributed by atoms with Gasteiger partial charge in [-0.25, -0.2) is 4.98 Å².